The second kappa shape index (κ2) is 3.28. The van der Waals surface area contributed by atoms with Crippen molar-refractivity contribution in [1.29, 1.82) is 0 Å². The van der Waals surface area contributed by atoms with Gasteiger partial charge in [-0.2, -0.15) is 0 Å². The van der Waals surface area contributed by atoms with Gasteiger partial charge in [0.05, 0.1) is 0 Å². The Kier molecular flexibility index (Phi) is 1.89. The van der Waals surface area contributed by atoms with Crippen LogP contribution in [0.4, 0.5) is 4.39 Å². The molecule has 2 aromatic heterocycles. The molecular formula is C12H9FN2O2. The first-order valence-corrected chi connectivity index (χ1v) is 5.03. The normalized spacial score (nSPS) is 11.1. The van der Waals surface area contributed by atoms with Gasteiger partial charge in [0, 0.05) is 34.3 Å². The van der Waals surface area contributed by atoms with Crippen LogP contribution in [-0.2, 0) is 0 Å². The molecule has 0 spiro atoms. The third-order valence-electron chi connectivity index (χ3n) is 2.72. The fraction of sp³-hybridized carbons (Fsp3) is 0. The molecule has 0 fully saturated rings. The van der Waals surface area contributed by atoms with E-state index < -0.39 is 0 Å². The van der Waals surface area contributed by atoms with E-state index in [0.717, 1.165) is 5.52 Å². The highest BCUT2D eigenvalue weighted by Crippen LogP contribution is 2.36. The summed E-state index contributed by atoms with van der Waals surface area (Å²) in [4.78, 5) is 5.36. The molecule has 3 aromatic rings. The molecule has 0 radical (unpaired) electrons. The van der Waals surface area contributed by atoms with Crippen molar-refractivity contribution in [3.05, 3.63) is 36.3 Å². The number of fused-ring (bicyclic) bond motifs is 1. The van der Waals surface area contributed by atoms with E-state index in [0.29, 0.717) is 16.5 Å². The molecule has 5 heteroatoms. The molecule has 4 N–H and O–H groups in total. The molecule has 1 aromatic carbocycles. The Balaban J connectivity index is 2.30. The maximum atomic E-state index is 13.2. The highest BCUT2D eigenvalue weighted by atomic mass is 19.1. The summed E-state index contributed by atoms with van der Waals surface area (Å²) in [7, 11) is 0. The van der Waals surface area contributed by atoms with Crippen LogP contribution in [0.15, 0.2) is 30.5 Å². The topological polar surface area (TPSA) is 72.0 Å². The van der Waals surface area contributed by atoms with Crippen LogP contribution in [-0.4, -0.2) is 20.2 Å². The number of benzene rings is 1. The fourth-order valence-corrected chi connectivity index (χ4v) is 1.95. The maximum Gasteiger partial charge on any atom is 0.199 e. The summed E-state index contributed by atoms with van der Waals surface area (Å²) < 4.78 is 13.2. The summed E-state index contributed by atoms with van der Waals surface area (Å²) in [6, 6.07) is 5.75. The minimum Gasteiger partial charge on any atom is -0.494 e. The van der Waals surface area contributed by atoms with Crippen LogP contribution >= 0.6 is 0 Å². The van der Waals surface area contributed by atoms with Gasteiger partial charge in [0.15, 0.2) is 11.8 Å². The Hall–Kier alpha value is -2.43. The van der Waals surface area contributed by atoms with Crippen molar-refractivity contribution >= 4 is 10.9 Å². The van der Waals surface area contributed by atoms with Crippen molar-refractivity contribution in [3.63, 3.8) is 0 Å². The van der Waals surface area contributed by atoms with Gasteiger partial charge in [-0.1, -0.05) is 0 Å². The third-order valence-corrected chi connectivity index (χ3v) is 2.72. The van der Waals surface area contributed by atoms with Gasteiger partial charge >= 0.3 is 0 Å². The third kappa shape index (κ3) is 1.44. The average molecular weight is 232 g/mol. The molecule has 0 unspecified atom stereocenters. The lowest BCUT2D eigenvalue weighted by molar-refractivity contribution is 0.426. The Labute approximate surface area is 95.3 Å². The summed E-state index contributed by atoms with van der Waals surface area (Å²) in [5.74, 6) is -0.631. The van der Waals surface area contributed by atoms with Gasteiger partial charge in [-0.15, -0.1) is 0 Å². The zero-order valence-electron chi connectivity index (χ0n) is 8.66. The molecule has 3 rings (SSSR count). The van der Waals surface area contributed by atoms with E-state index in [2.05, 4.69) is 9.97 Å². The number of aromatic hydroxyl groups is 2. The molecule has 0 saturated heterocycles. The van der Waals surface area contributed by atoms with Crippen LogP contribution in [0.25, 0.3) is 22.0 Å². The Morgan fingerprint density at radius 2 is 1.88 bits per heavy atom. The van der Waals surface area contributed by atoms with E-state index >= 15 is 0 Å². The van der Waals surface area contributed by atoms with E-state index in [1.165, 1.54) is 18.2 Å². The number of aromatic nitrogens is 2. The fourth-order valence-electron chi connectivity index (χ4n) is 1.95. The van der Waals surface area contributed by atoms with Gasteiger partial charge < -0.3 is 15.2 Å². The largest absolute Gasteiger partial charge is 0.494 e. The number of nitrogens with one attached hydrogen (secondary N) is 2. The lowest BCUT2D eigenvalue weighted by atomic mass is 10.1. The van der Waals surface area contributed by atoms with Gasteiger partial charge in [-0.3, -0.25) is 4.98 Å². The quantitative estimate of drug-likeness (QED) is 0.521. The number of hydrogen-bond donors (Lipinski definition) is 4. The van der Waals surface area contributed by atoms with Crippen molar-refractivity contribution in [1.82, 2.24) is 9.97 Å². The molecule has 0 bridgehead atoms. The van der Waals surface area contributed by atoms with E-state index in [1.807, 2.05) is 0 Å². The minimum absolute atomic E-state index is 0.136. The maximum absolute atomic E-state index is 13.2. The Morgan fingerprint density at radius 1 is 1.06 bits per heavy atom. The summed E-state index contributed by atoms with van der Waals surface area (Å²) in [5.41, 5.74) is 1.83. The first kappa shape index (κ1) is 9.77. The molecule has 4 nitrogen and oxygen atoms in total. The number of H-pyrrole nitrogens is 2. The molecule has 2 heterocycles. The molecule has 0 aliphatic heterocycles. The predicted octanol–water partition coefficient (Wildman–Crippen LogP) is 2.71. The van der Waals surface area contributed by atoms with Gasteiger partial charge in [-0.05, 0) is 18.2 Å². The van der Waals surface area contributed by atoms with Crippen LogP contribution < -0.4 is 0 Å². The first-order chi connectivity index (χ1) is 8.15. The average Bonchev–Trinajstić information content (AvgIpc) is 2.81. The first-order valence-electron chi connectivity index (χ1n) is 5.03. The monoisotopic (exact) mass is 232 g/mol. The van der Waals surface area contributed by atoms with Crippen molar-refractivity contribution in [3.8, 4) is 22.9 Å². The van der Waals surface area contributed by atoms with Gasteiger partial charge in [0.1, 0.15) is 5.82 Å². The lowest BCUT2D eigenvalue weighted by Gasteiger charge is -1.96. The van der Waals surface area contributed by atoms with Gasteiger partial charge in [-0.25, -0.2) is 4.39 Å². The molecule has 0 amide bonds. The number of hydrogen-bond acceptors (Lipinski definition) is 2. The smallest absolute Gasteiger partial charge is 0.199 e. The number of aromatic amines is 2. The zero-order chi connectivity index (χ0) is 12.0. The number of rotatable bonds is 1. The highest BCUT2D eigenvalue weighted by Gasteiger charge is 2.13. The predicted molar refractivity (Wildman–Crippen MR) is 61.4 cm³/mol. The van der Waals surface area contributed by atoms with Crippen molar-refractivity contribution in [2.75, 3.05) is 0 Å². The van der Waals surface area contributed by atoms with E-state index in [4.69, 9.17) is 0 Å². The summed E-state index contributed by atoms with van der Waals surface area (Å²) >= 11 is 0. The molecular weight excluding hydrogens is 223 g/mol. The van der Waals surface area contributed by atoms with Crippen molar-refractivity contribution in [2.24, 2.45) is 0 Å². The molecule has 0 aliphatic carbocycles. The van der Waals surface area contributed by atoms with Crippen LogP contribution in [0.5, 0.6) is 11.8 Å². The van der Waals surface area contributed by atoms with E-state index in [1.54, 1.807) is 12.3 Å². The SMILES string of the molecule is Oc1cc(-c2c[nH]c3ccc(F)cc23)c(O)[nH]1. The van der Waals surface area contributed by atoms with Crippen LogP contribution in [0.1, 0.15) is 0 Å². The van der Waals surface area contributed by atoms with Crippen molar-refractivity contribution in [2.45, 2.75) is 0 Å². The van der Waals surface area contributed by atoms with Gasteiger partial charge in [0.25, 0.3) is 0 Å². The summed E-state index contributed by atoms with van der Waals surface area (Å²) in [5, 5.41) is 19.5. The standard InChI is InChI=1S/C12H9FN2O2/c13-6-1-2-10-7(3-6)9(5-14-10)8-4-11(16)15-12(8)17/h1-5,14-17H. The van der Waals surface area contributed by atoms with E-state index in [-0.39, 0.29) is 17.6 Å². The molecule has 0 aliphatic rings. The van der Waals surface area contributed by atoms with Crippen LogP contribution in [0, 0.1) is 5.82 Å². The lowest BCUT2D eigenvalue weighted by Crippen LogP contribution is -1.75. The van der Waals surface area contributed by atoms with Crippen LogP contribution in [0.2, 0.25) is 0 Å². The molecule has 17 heavy (non-hydrogen) atoms. The number of halogens is 1. The minimum atomic E-state index is -0.349. The van der Waals surface area contributed by atoms with Crippen LogP contribution in [0.3, 0.4) is 0 Å². The van der Waals surface area contributed by atoms with Crippen molar-refractivity contribution < 1.29 is 14.6 Å². The second-order valence-electron chi connectivity index (χ2n) is 3.81. The van der Waals surface area contributed by atoms with Gasteiger partial charge in [0.2, 0.25) is 0 Å². The summed E-state index contributed by atoms with van der Waals surface area (Å²) in [6.45, 7) is 0. The van der Waals surface area contributed by atoms with E-state index in [9.17, 15) is 14.6 Å². The zero-order valence-corrected chi connectivity index (χ0v) is 8.66. The molecule has 0 atom stereocenters. The Bertz CT molecular complexity index is 700. The molecule has 0 saturated carbocycles. The highest BCUT2D eigenvalue weighted by molar-refractivity contribution is 5.96. The second-order valence-corrected chi connectivity index (χ2v) is 3.81. The Morgan fingerprint density at radius 3 is 2.59 bits per heavy atom. The summed E-state index contributed by atoms with van der Waals surface area (Å²) in [6.07, 6.45) is 1.66. The molecule has 86 valence electrons.